The number of aromatic nitrogens is 3. The maximum atomic E-state index is 12.6. The Kier molecular flexibility index (Phi) is 5.84. The van der Waals surface area contributed by atoms with Crippen LogP contribution in [0.3, 0.4) is 0 Å². The predicted molar refractivity (Wildman–Crippen MR) is 107 cm³/mol. The van der Waals surface area contributed by atoms with Gasteiger partial charge in [-0.05, 0) is 30.4 Å². The van der Waals surface area contributed by atoms with Crippen molar-refractivity contribution in [3.63, 3.8) is 0 Å². The summed E-state index contributed by atoms with van der Waals surface area (Å²) in [6, 6.07) is 3.38. The van der Waals surface area contributed by atoms with Gasteiger partial charge in [-0.2, -0.15) is 0 Å². The van der Waals surface area contributed by atoms with Crippen LogP contribution in [0.15, 0.2) is 35.1 Å². The van der Waals surface area contributed by atoms with Crippen LogP contribution in [-0.4, -0.2) is 58.0 Å². The van der Waals surface area contributed by atoms with Gasteiger partial charge in [0, 0.05) is 43.8 Å². The van der Waals surface area contributed by atoms with Gasteiger partial charge < -0.3 is 14.6 Å². The van der Waals surface area contributed by atoms with Crippen molar-refractivity contribution in [1.82, 2.24) is 25.2 Å². The van der Waals surface area contributed by atoms with Gasteiger partial charge in [0.05, 0.1) is 12.7 Å². The number of alkyl halides is 2. The topological polar surface area (TPSA) is 96.2 Å². The number of likely N-dealkylation sites (tertiary alicyclic amines) is 1. The number of carbonyl (C=O) groups excluding carboxylic acids is 1. The van der Waals surface area contributed by atoms with Gasteiger partial charge in [0.1, 0.15) is 11.5 Å². The van der Waals surface area contributed by atoms with E-state index in [9.17, 15) is 13.6 Å². The number of aryl methyl sites for hydroxylation is 1. The minimum atomic E-state index is -2.37. The van der Waals surface area contributed by atoms with Crippen LogP contribution in [0, 0.1) is 6.92 Å². The fraction of sp³-hybridized carbons (Fsp3) is 0.400. The molecule has 0 unspecified atom stereocenters. The molecule has 0 aliphatic carbocycles. The largest absolute Gasteiger partial charge is 0.439 e. The molecule has 3 aromatic heterocycles. The third kappa shape index (κ3) is 4.70. The molecule has 0 atom stereocenters. The van der Waals surface area contributed by atoms with E-state index in [1.165, 1.54) is 0 Å². The Hall–Kier alpha value is -3.14. The summed E-state index contributed by atoms with van der Waals surface area (Å²) in [7, 11) is 0. The lowest BCUT2D eigenvalue weighted by molar-refractivity contribution is 0.132. The number of hydrogen-bond donors (Lipinski definition) is 2. The summed E-state index contributed by atoms with van der Waals surface area (Å²) in [5.74, 6) is 1.55. The summed E-state index contributed by atoms with van der Waals surface area (Å²) < 4.78 is 30.1. The Morgan fingerprint density at radius 1 is 1.17 bits per heavy atom. The van der Waals surface area contributed by atoms with Gasteiger partial charge in [-0.25, -0.2) is 23.5 Å². The SMILES string of the molecule is Cc1ncc(-c2cc3cc(NC(=O)N4CCC(NCC(F)F)CC4)ncc3cn2)o1. The van der Waals surface area contributed by atoms with Gasteiger partial charge in [-0.1, -0.05) is 0 Å². The molecule has 0 saturated carbocycles. The molecule has 0 bridgehead atoms. The molecule has 2 amide bonds. The van der Waals surface area contributed by atoms with Crippen molar-refractivity contribution < 1.29 is 18.0 Å². The molecule has 4 heterocycles. The number of nitrogens with zero attached hydrogens (tertiary/aromatic N) is 4. The molecule has 2 N–H and O–H groups in total. The number of urea groups is 1. The minimum absolute atomic E-state index is 0.00694. The average molecular weight is 416 g/mol. The molecule has 158 valence electrons. The summed E-state index contributed by atoms with van der Waals surface area (Å²) in [4.78, 5) is 27.0. The summed E-state index contributed by atoms with van der Waals surface area (Å²) >= 11 is 0. The van der Waals surface area contributed by atoms with Crippen molar-refractivity contribution in [2.45, 2.75) is 32.2 Å². The second kappa shape index (κ2) is 8.70. The molecule has 1 aliphatic rings. The molecular weight excluding hydrogens is 394 g/mol. The first kappa shape index (κ1) is 20.1. The first-order valence-electron chi connectivity index (χ1n) is 9.74. The molecule has 1 aliphatic heterocycles. The third-order valence-electron chi connectivity index (χ3n) is 5.05. The second-order valence-electron chi connectivity index (χ2n) is 7.22. The van der Waals surface area contributed by atoms with Gasteiger partial charge in [0.15, 0.2) is 11.7 Å². The van der Waals surface area contributed by atoms with E-state index in [1.54, 1.807) is 36.5 Å². The van der Waals surface area contributed by atoms with Crippen LogP contribution < -0.4 is 10.6 Å². The fourth-order valence-corrected chi connectivity index (χ4v) is 3.45. The van der Waals surface area contributed by atoms with Crippen molar-refractivity contribution in [3.8, 4) is 11.5 Å². The van der Waals surface area contributed by atoms with Crippen molar-refractivity contribution >= 4 is 22.6 Å². The highest BCUT2D eigenvalue weighted by molar-refractivity contribution is 5.92. The number of amides is 2. The third-order valence-corrected chi connectivity index (χ3v) is 5.05. The zero-order valence-corrected chi connectivity index (χ0v) is 16.4. The van der Waals surface area contributed by atoms with Crippen molar-refractivity contribution in [3.05, 3.63) is 36.6 Å². The molecule has 3 aromatic rings. The van der Waals surface area contributed by atoms with Gasteiger partial charge >= 0.3 is 6.03 Å². The van der Waals surface area contributed by atoms with E-state index in [-0.39, 0.29) is 18.6 Å². The van der Waals surface area contributed by atoms with Gasteiger partial charge in [0.25, 0.3) is 6.43 Å². The normalized spacial score (nSPS) is 15.1. The zero-order valence-electron chi connectivity index (χ0n) is 16.4. The summed E-state index contributed by atoms with van der Waals surface area (Å²) in [6.07, 6.45) is 3.86. The van der Waals surface area contributed by atoms with E-state index in [0.717, 1.165) is 10.8 Å². The first-order valence-corrected chi connectivity index (χ1v) is 9.74. The van der Waals surface area contributed by atoms with Crippen LogP contribution in [0.25, 0.3) is 22.2 Å². The Bertz CT molecular complexity index is 1030. The van der Waals surface area contributed by atoms with E-state index < -0.39 is 6.43 Å². The minimum Gasteiger partial charge on any atom is -0.439 e. The van der Waals surface area contributed by atoms with Crippen LogP contribution in [0.1, 0.15) is 18.7 Å². The van der Waals surface area contributed by atoms with Crippen LogP contribution in [0.2, 0.25) is 0 Å². The van der Waals surface area contributed by atoms with E-state index in [2.05, 4.69) is 25.6 Å². The van der Waals surface area contributed by atoms with Gasteiger partial charge in [-0.15, -0.1) is 0 Å². The summed E-state index contributed by atoms with van der Waals surface area (Å²) in [5.41, 5.74) is 0.643. The highest BCUT2D eigenvalue weighted by Crippen LogP contribution is 2.24. The molecular formula is C20H22F2N6O2. The molecule has 30 heavy (non-hydrogen) atoms. The van der Waals surface area contributed by atoms with E-state index in [1.807, 2.05) is 6.07 Å². The maximum absolute atomic E-state index is 12.6. The Balaban J connectivity index is 1.40. The van der Waals surface area contributed by atoms with Crippen LogP contribution in [0.5, 0.6) is 0 Å². The molecule has 1 saturated heterocycles. The van der Waals surface area contributed by atoms with Crippen molar-refractivity contribution in [1.29, 1.82) is 0 Å². The number of hydrogen-bond acceptors (Lipinski definition) is 6. The highest BCUT2D eigenvalue weighted by Gasteiger charge is 2.23. The maximum Gasteiger partial charge on any atom is 0.323 e. The fourth-order valence-electron chi connectivity index (χ4n) is 3.45. The smallest absolute Gasteiger partial charge is 0.323 e. The number of pyridine rings is 2. The quantitative estimate of drug-likeness (QED) is 0.662. The number of carbonyl (C=O) groups is 1. The van der Waals surface area contributed by atoms with Crippen LogP contribution in [-0.2, 0) is 0 Å². The van der Waals surface area contributed by atoms with Crippen molar-refractivity contribution in [2.75, 3.05) is 25.0 Å². The number of anilines is 1. The summed E-state index contributed by atoms with van der Waals surface area (Å²) in [5, 5.41) is 7.33. The molecule has 10 heteroatoms. The number of rotatable bonds is 5. The lowest BCUT2D eigenvalue weighted by Crippen LogP contribution is -2.47. The number of fused-ring (bicyclic) bond motifs is 1. The van der Waals surface area contributed by atoms with Crippen LogP contribution in [0.4, 0.5) is 19.4 Å². The highest BCUT2D eigenvalue weighted by atomic mass is 19.3. The summed E-state index contributed by atoms with van der Waals surface area (Å²) in [6.45, 7) is 2.45. The standard InChI is InChI=1S/C20H22F2N6O2/c1-12-23-10-17(30-12)16-6-13-7-19(26-9-14(13)8-25-16)27-20(29)28-4-2-15(3-5-28)24-11-18(21)22/h6-10,15,18,24H,2-5,11H2,1H3,(H,26,27,29). The molecule has 1 fully saturated rings. The Morgan fingerprint density at radius 3 is 2.63 bits per heavy atom. The molecule has 0 aromatic carbocycles. The van der Waals surface area contributed by atoms with E-state index >= 15 is 0 Å². The van der Waals surface area contributed by atoms with E-state index in [4.69, 9.17) is 4.42 Å². The monoisotopic (exact) mass is 416 g/mol. The zero-order chi connectivity index (χ0) is 21.1. The van der Waals surface area contributed by atoms with E-state index in [0.29, 0.717) is 49.1 Å². The Morgan fingerprint density at radius 2 is 1.93 bits per heavy atom. The number of oxazole rings is 1. The number of piperidine rings is 1. The van der Waals surface area contributed by atoms with Gasteiger partial charge in [0.2, 0.25) is 0 Å². The predicted octanol–water partition coefficient (Wildman–Crippen LogP) is 3.44. The molecule has 0 radical (unpaired) electrons. The molecule has 0 spiro atoms. The molecule has 4 rings (SSSR count). The Labute approximate surface area is 171 Å². The van der Waals surface area contributed by atoms with Gasteiger partial charge in [-0.3, -0.25) is 10.3 Å². The van der Waals surface area contributed by atoms with Crippen molar-refractivity contribution in [2.24, 2.45) is 0 Å². The molecule has 8 nitrogen and oxygen atoms in total. The number of halogens is 2. The first-order chi connectivity index (χ1) is 14.5. The lowest BCUT2D eigenvalue weighted by Gasteiger charge is -2.32. The lowest BCUT2D eigenvalue weighted by atomic mass is 10.1. The average Bonchev–Trinajstić information content (AvgIpc) is 3.18. The second-order valence-corrected chi connectivity index (χ2v) is 7.22. The van der Waals surface area contributed by atoms with Crippen LogP contribution >= 0.6 is 0 Å². The number of nitrogens with one attached hydrogen (secondary N) is 2.